The molecule has 0 aromatic heterocycles. The summed E-state index contributed by atoms with van der Waals surface area (Å²) in [6.07, 6.45) is 0. The predicted molar refractivity (Wildman–Crippen MR) is 99.2 cm³/mol. The topological polar surface area (TPSA) is 137 Å². The Bertz CT molecular complexity index is 938. The first kappa shape index (κ1) is 20.2. The predicted octanol–water partition coefficient (Wildman–Crippen LogP) is 2.08. The molecule has 0 fully saturated rings. The van der Waals surface area contributed by atoms with E-state index >= 15 is 0 Å². The van der Waals surface area contributed by atoms with Crippen LogP contribution in [-0.4, -0.2) is 44.1 Å². The van der Waals surface area contributed by atoms with Crippen molar-refractivity contribution in [1.82, 2.24) is 10.6 Å². The van der Waals surface area contributed by atoms with E-state index in [2.05, 4.69) is 20.9 Å². The Morgan fingerprint density at radius 2 is 1.33 bits per heavy atom. The maximum Gasteiger partial charge on any atom is 0.266 e. The van der Waals surface area contributed by atoms with Gasteiger partial charge in [-0.25, -0.2) is 0 Å². The molecule has 0 aliphatic heterocycles. The molecular weight excluding hydrogens is 372 g/mol. The molecule has 2 aromatic rings. The molecule has 0 saturated heterocycles. The maximum atomic E-state index is 11.9. The molecule has 2 aromatic carbocycles. The number of nitrogens with zero attached hydrogens (tertiary/aromatic N) is 2. The zero-order valence-corrected chi connectivity index (χ0v) is 15.2. The highest BCUT2D eigenvalue weighted by Crippen LogP contribution is 2.19. The zero-order chi connectivity index (χ0) is 19.9. The first-order valence-corrected chi connectivity index (χ1v) is 9.47. The quantitative estimate of drug-likeness (QED) is 0.491. The average Bonchev–Trinajstić information content (AvgIpc) is 2.65. The summed E-state index contributed by atoms with van der Waals surface area (Å²) in [5.41, 5.74) is 1.91. The summed E-state index contributed by atoms with van der Waals surface area (Å²) >= 11 is 0. The number of hydrogen-bond acceptors (Lipinski definition) is 6. The van der Waals surface area contributed by atoms with E-state index in [-0.39, 0.29) is 12.5 Å². The van der Waals surface area contributed by atoms with Crippen molar-refractivity contribution in [2.75, 3.05) is 19.3 Å². The zero-order valence-electron chi connectivity index (χ0n) is 14.4. The summed E-state index contributed by atoms with van der Waals surface area (Å²) in [5, 5.41) is 13.0. The van der Waals surface area contributed by atoms with E-state index in [4.69, 9.17) is 4.55 Å². The van der Waals surface area contributed by atoms with Gasteiger partial charge in [-0.15, -0.1) is 0 Å². The number of nitrogens with one attached hydrogen (secondary N) is 2. The minimum Gasteiger partial charge on any atom is -0.355 e. The fourth-order valence-electron chi connectivity index (χ4n) is 2.01. The molecule has 0 atom stereocenters. The Morgan fingerprint density at radius 3 is 1.74 bits per heavy atom. The van der Waals surface area contributed by atoms with Crippen molar-refractivity contribution in [2.24, 2.45) is 10.2 Å². The van der Waals surface area contributed by atoms with E-state index < -0.39 is 21.8 Å². The van der Waals surface area contributed by atoms with Crippen LogP contribution in [-0.2, 0) is 10.1 Å². The largest absolute Gasteiger partial charge is 0.355 e. The Labute approximate surface area is 156 Å². The second-order valence-corrected chi connectivity index (χ2v) is 6.99. The summed E-state index contributed by atoms with van der Waals surface area (Å²) in [7, 11) is -2.57. The molecule has 142 valence electrons. The number of amides is 2. The van der Waals surface area contributed by atoms with Crippen LogP contribution in [0.25, 0.3) is 0 Å². The third-order valence-electron chi connectivity index (χ3n) is 3.41. The van der Waals surface area contributed by atoms with Gasteiger partial charge in [-0.05, 0) is 48.5 Å². The van der Waals surface area contributed by atoms with Crippen LogP contribution in [0.4, 0.5) is 11.4 Å². The molecule has 0 heterocycles. The van der Waals surface area contributed by atoms with E-state index in [0.717, 1.165) is 0 Å². The number of azo groups is 1. The lowest BCUT2D eigenvalue weighted by Gasteiger charge is -2.04. The van der Waals surface area contributed by atoms with Gasteiger partial charge in [0.15, 0.2) is 0 Å². The lowest BCUT2D eigenvalue weighted by molar-refractivity contribution is 0.0950. The normalized spacial score (nSPS) is 11.3. The van der Waals surface area contributed by atoms with E-state index in [9.17, 15) is 18.0 Å². The van der Waals surface area contributed by atoms with Gasteiger partial charge < -0.3 is 10.6 Å². The molecule has 10 heteroatoms. The summed E-state index contributed by atoms with van der Waals surface area (Å²) < 4.78 is 29.8. The highest BCUT2D eigenvalue weighted by atomic mass is 32.2. The van der Waals surface area contributed by atoms with Gasteiger partial charge in [0.2, 0.25) is 0 Å². The standard InChI is InChI=1S/C17H18N4O5S/c1-18-16(22)12-2-6-14(7-3-12)20-21-15-8-4-13(5-9-15)17(23)19-10-11-27(24,25)26/h2-9H,10-11H2,1H3,(H,18,22)(H,19,23)(H,24,25,26)/b21-20+. The summed E-state index contributed by atoms with van der Waals surface area (Å²) in [6.45, 7) is -0.189. The highest BCUT2D eigenvalue weighted by molar-refractivity contribution is 7.85. The molecule has 0 aliphatic rings. The lowest BCUT2D eigenvalue weighted by atomic mass is 10.2. The van der Waals surface area contributed by atoms with Crippen molar-refractivity contribution in [3.05, 3.63) is 59.7 Å². The molecule has 0 bridgehead atoms. The number of hydrogen-bond donors (Lipinski definition) is 3. The monoisotopic (exact) mass is 390 g/mol. The molecule has 3 N–H and O–H groups in total. The molecule has 2 amide bonds. The lowest BCUT2D eigenvalue weighted by Crippen LogP contribution is -2.28. The SMILES string of the molecule is CNC(=O)c1ccc(/N=N/c2ccc(C(=O)NCCS(=O)(=O)O)cc2)cc1. The molecular formula is C17H18N4O5S. The van der Waals surface area contributed by atoms with Crippen LogP contribution in [0.5, 0.6) is 0 Å². The van der Waals surface area contributed by atoms with Gasteiger partial charge in [-0.2, -0.15) is 18.6 Å². The molecule has 0 saturated carbocycles. The van der Waals surface area contributed by atoms with Crippen molar-refractivity contribution in [3.8, 4) is 0 Å². The van der Waals surface area contributed by atoms with Crippen molar-refractivity contribution in [2.45, 2.75) is 0 Å². The third-order valence-corrected chi connectivity index (χ3v) is 4.13. The van der Waals surface area contributed by atoms with E-state index in [1.807, 2.05) is 0 Å². The van der Waals surface area contributed by atoms with Gasteiger partial charge in [0, 0.05) is 24.7 Å². The van der Waals surface area contributed by atoms with E-state index in [1.54, 1.807) is 43.4 Å². The molecule has 27 heavy (non-hydrogen) atoms. The fourth-order valence-corrected chi connectivity index (χ4v) is 2.37. The van der Waals surface area contributed by atoms with Crippen LogP contribution >= 0.6 is 0 Å². The second-order valence-electron chi connectivity index (χ2n) is 5.41. The number of benzene rings is 2. The van der Waals surface area contributed by atoms with Gasteiger partial charge >= 0.3 is 0 Å². The summed E-state index contributed by atoms with van der Waals surface area (Å²) in [4.78, 5) is 23.3. The Morgan fingerprint density at radius 1 is 0.889 bits per heavy atom. The average molecular weight is 390 g/mol. The van der Waals surface area contributed by atoms with E-state index in [0.29, 0.717) is 22.5 Å². The van der Waals surface area contributed by atoms with Crippen molar-refractivity contribution < 1.29 is 22.6 Å². The highest BCUT2D eigenvalue weighted by Gasteiger charge is 2.08. The molecule has 0 unspecified atom stereocenters. The van der Waals surface area contributed by atoms with Gasteiger partial charge in [-0.1, -0.05) is 0 Å². The van der Waals surface area contributed by atoms with Crippen LogP contribution in [0.3, 0.4) is 0 Å². The van der Waals surface area contributed by atoms with Gasteiger partial charge in [-0.3, -0.25) is 14.1 Å². The van der Waals surface area contributed by atoms with Crippen LogP contribution in [0.15, 0.2) is 58.8 Å². The van der Waals surface area contributed by atoms with E-state index in [1.165, 1.54) is 12.1 Å². The smallest absolute Gasteiger partial charge is 0.266 e. The third kappa shape index (κ3) is 6.60. The Balaban J connectivity index is 1.95. The molecule has 2 rings (SSSR count). The number of carbonyl (C=O) groups excluding carboxylic acids is 2. The second kappa shape index (κ2) is 9.01. The van der Waals surface area contributed by atoms with Crippen LogP contribution in [0.2, 0.25) is 0 Å². The molecule has 0 aliphatic carbocycles. The summed E-state index contributed by atoms with van der Waals surface area (Å²) in [6, 6.07) is 12.8. The number of rotatable bonds is 7. The summed E-state index contributed by atoms with van der Waals surface area (Å²) in [5.74, 6) is -1.21. The van der Waals surface area contributed by atoms with Crippen LogP contribution in [0.1, 0.15) is 20.7 Å². The van der Waals surface area contributed by atoms with Crippen molar-refractivity contribution in [3.63, 3.8) is 0 Å². The first-order valence-electron chi connectivity index (χ1n) is 7.86. The maximum absolute atomic E-state index is 11.9. The minimum absolute atomic E-state index is 0.189. The molecule has 0 radical (unpaired) electrons. The Hall–Kier alpha value is -3.11. The Kier molecular flexibility index (Phi) is 6.74. The van der Waals surface area contributed by atoms with Gasteiger partial charge in [0.1, 0.15) is 0 Å². The van der Waals surface area contributed by atoms with Crippen molar-refractivity contribution in [1.29, 1.82) is 0 Å². The van der Waals surface area contributed by atoms with Gasteiger partial charge in [0.05, 0.1) is 17.1 Å². The first-order chi connectivity index (χ1) is 12.8. The molecule has 0 spiro atoms. The van der Waals surface area contributed by atoms with Gasteiger partial charge in [0.25, 0.3) is 21.9 Å². The van der Waals surface area contributed by atoms with Crippen LogP contribution < -0.4 is 10.6 Å². The molecule has 9 nitrogen and oxygen atoms in total. The number of carbonyl (C=O) groups is 2. The minimum atomic E-state index is -4.12. The fraction of sp³-hybridized carbons (Fsp3) is 0.176. The van der Waals surface area contributed by atoms with Crippen LogP contribution in [0, 0.1) is 0 Å². The van der Waals surface area contributed by atoms with Crippen molar-refractivity contribution >= 4 is 33.3 Å².